The minimum Gasteiger partial charge on any atom is -0.380 e. The lowest BCUT2D eigenvalue weighted by molar-refractivity contribution is -0.384. The van der Waals surface area contributed by atoms with Crippen molar-refractivity contribution in [2.75, 3.05) is 5.32 Å². The van der Waals surface area contributed by atoms with Gasteiger partial charge in [-0.3, -0.25) is 10.1 Å². The van der Waals surface area contributed by atoms with E-state index in [0.29, 0.717) is 5.69 Å². The van der Waals surface area contributed by atoms with Crippen molar-refractivity contribution < 1.29 is 13.7 Å². The summed E-state index contributed by atoms with van der Waals surface area (Å²) >= 11 is 5.88. The number of non-ortho nitro benzene ring substituents is 1. The Labute approximate surface area is 118 Å². The summed E-state index contributed by atoms with van der Waals surface area (Å²) in [6.07, 6.45) is 0. The molecule has 0 fully saturated rings. The average Bonchev–Trinajstić information content (AvgIpc) is 2.40. The summed E-state index contributed by atoms with van der Waals surface area (Å²) in [6.45, 7) is 0.0150. The van der Waals surface area contributed by atoms with Crippen LogP contribution < -0.4 is 5.32 Å². The Morgan fingerprint density at radius 1 is 1.20 bits per heavy atom. The quantitative estimate of drug-likeness (QED) is 0.682. The molecule has 0 saturated carbocycles. The van der Waals surface area contributed by atoms with Crippen LogP contribution in [0.2, 0.25) is 5.02 Å². The number of anilines is 1. The van der Waals surface area contributed by atoms with Crippen LogP contribution in [0.15, 0.2) is 36.4 Å². The molecule has 2 aromatic rings. The Balaban J connectivity index is 2.15. The topological polar surface area (TPSA) is 55.2 Å². The molecule has 20 heavy (non-hydrogen) atoms. The molecule has 0 bridgehead atoms. The molecule has 2 rings (SSSR count). The lowest BCUT2D eigenvalue weighted by Gasteiger charge is -2.09. The molecule has 0 aliphatic heterocycles. The predicted molar refractivity (Wildman–Crippen MR) is 71.8 cm³/mol. The van der Waals surface area contributed by atoms with Gasteiger partial charge in [0.15, 0.2) is 0 Å². The predicted octanol–water partition coefficient (Wildman–Crippen LogP) is 4.14. The first-order valence-corrected chi connectivity index (χ1v) is 5.97. The number of halogens is 3. The molecule has 0 heterocycles. The third-order valence-electron chi connectivity index (χ3n) is 2.64. The number of nitro groups is 1. The SMILES string of the molecule is O=[N+]([O-])c1ccc(NCc2cc(F)ccc2F)c(Cl)c1. The summed E-state index contributed by atoms with van der Waals surface area (Å²) in [5.74, 6) is -1.09. The molecule has 4 nitrogen and oxygen atoms in total. The number of nitrogens with zero attached hydrogens (tertiary/aromatic N) is 1. The molecule has 0 atom stereocenters. The van der Waals surface area contributed by atoms with Gasteiger partial charge < -0.3 is 5.32 Å². The Kier molecular flexibility index (Phi) is 4.14. The maximum Gasteiger partial charge on any atom is 0.271 e. The number of hydrogen-bond donors (Lipinski definition) is 1. The van der Waals surface area contributed by atoms with Gasteiger partial charge in [-0.15, -0.1) is 0 Å². The van der Waals surface area contributed by atoms with Crippen molar-refractivity contribution in [3.63, 3.8) is 0 Å². The minimum absolute atomic E-state index is 0.0150. The summed E-state index contributed by atoms with van der Waals surface area (Å²) in [5, 5.41) is 13.5. The summed E-state index contributed by atoms with van der Waals surface area (Å²) in [4.78, 5) is 9.99. The van der Waals surface area contributed by atoms with Crippen molar-refractivity contribution in [2.45, 2.75) is 6.54 Å². The third kappa shape index (κ3) is 3.21. The summed E-state index contributed by atoms with van der Waals surface area (Å²) < 4.78 is 26.4. The van der Waals surface area contributed by atoms with E-state index in [2.05, 4.69) is 5.32 Å². The molecule has 0 radical (unpaired) electrons. The Bertz CT molecular complexity index is 665. The van der Waals surface area contributed by atoms with Gasteiger partial charge in [0, 0.05) is 24.2 Å². The van der Waals surface area contributed by atoms with Gasteiger partial charge in [-0.1, -0.05) is 11.6 Å². The van der Waals surface area contributed by atoms with Crippen molar-refractivity contribution in [1.29, 1.82) is 0 Å². The zero-order valence-electron chi connectivity index (χ0n) is 10.1. The van der Waals surface area contributed by atoms with Crippen molar-refractivity contribution in [1.82, 2.24) is 0 Å². The van der Waals surface area contributed by atoms with E-state index in [1.165, 1.54) is 18.2 Å². The first-order valence-electron chi connectivity index (χ1n) is 5.59. The molecule has 0 saturated heterocycles. The third-order valence-corrected chi connectivity index (χ3v) is 2.95. The van der Waals surface area contributed by atoms with E-state index in [9.17, 15) is 18.9 Å². The molecule has 2 aromatic carbocycles. The molecule has 0 aromatic heterocycles. The molecule has 7 heteroatoms. The standard InChI is InChI=1S/C13H9ClF2N2O2/c14-11-6-10(18(19)20)2-4-13(11)17-7-8-5-9(15)1-3-12(8)16/h1-6,17H,7H2. The maximum absolute atomic E-state index is 13.4. The fraction of sp³-hybridized carbons (Fsp3) is 0.0769. The molecule has 0 aliphatic rings. The normalized spacial score (nSPS) is 10.3. The van der Waals surface area contributed by atoms with Crippen LogP contribution in [-0.2, 0) is 6.54 Å². The summed E-state index contributed by atoms with van der Waals surface area (Å²) in [6, 6.07) is 7.00. The zero-order valence-corrected chi connectivity index (χ0v) is 10.8. The van der Waals surface area contributed by atoms with Gasteiger partial charge in [-0.05, 0) is 24.3 Å². The van der Waals surface area contributed by atoms with Crippen molar-refractivity contribution in [3.05, 3.63) is 68.7 Å². The summed E-state index contributed by atoms with van der Waals surface area (Å²) in [7, 11) is 0. The van der Waals surface area contributed by atoms with Crippen LogP contribution in [0.4, 0.5) is 20.2 Å². The Morgan fingerprint density at radius 2 is 1.95 bits per heavy atom. The van der Waals surface area contributed by atoms with Crippen LogP contribution in [0.5, 0.6) is 0 Å². The van der Waals surface area contributed by atoms with Gasteiger partial charge in [-0.25, -0.2) is 8.78 Å². The monoisotopic (exact) mass is 298 g/mol. The van der Waals surface area contributed by atoms with Crippen LogP contribution in [0.3, 0.4) is 0 Å². The molecule has 0 spiro atoms. The molecular formula is C13H9ClF2N2O2. The highest BCUT2D eigenvalue weighted by atomic mass is 35.5. The maximum atomic E-state index is 13.4. The number of rotatable bonds is 4. The van der Waals surface area contributed by atoms with E-state index in [1.54, 1.807) is 0 Å². The first kappa shape index (κ1) is 14.2. The first-order chi connectivity index (χ1) is 9.47. The average molecular weight is 299 g/mol. The number of benzene rings is 2. The molecular weight excluding hydrogens is 290 g/mol. The molecule has 1 N–H and O–H groups in total. The zero-order chi connectivity index (χ0) is 14.7. The molecule has 0 amide bonds. The molecule has 104 valence electrons. The van der Waals surface area contributed by atoms with E-state index >= 15 is 0 Å². The lowest BCUT2D eigenvalue weighted by Crippen LogP contribution is -2.03. The molecule has 0 aliphatic carbocycles. The lowest BCUT2D eigenvalue weighted by atomic mass is 10.2. The van der Waals surface area contributed by atoms with E-state index in [1.807, 2.05) is 0 Å². The summed E-state index contributed by atoms with van der Waals surface area (Å²) in [5.41, 5.74) is 0.401. The van der Waals surface area contributed by atoms with Crippen molar-refractivity contribution in [3.8, 4) is 0 Å². The van der Waals surface area contributed by atoms with E-state index in [0.717, 1.165) is 18.2 Å². The van der Waals surface area contributed by atoms with E-state index < -0.39 is 16.6 Å². The van der Waals surface area contributed by atoms with Crippen molar-refractivity contribution >= 4 is 23.0 Å². The highest BCUT2D eigenvalue weighted by Crippen LogP contribution is 2.27. The minimum atomic E-state index is -0.568. The van der Waals surface area contributed by atoms with Crippen molar-refractivity contribution in [2.24, 2.45) is 0 Å². The van der Waals surface area contributed by atoms with Gasteiger partial charge in [0.1, 0.15) is 11.6 Å². The fourth-order valence-corrected chi connectivity index (χ4v) is 1.87. The van der Waals surface area contributed by atoms with E-state index in [4.69, 9.17) is 11.6 Å². The van der Waals surface area contributed by atoms with Gasteiger partial charge in [0.2, 0.25) is 0 Å². The smallest absolute Gasteiger partial charge is 0.271 e. The van der Waals surface area contributed by atoms with Gasteiger partial charge in [0.25, 0.3) is 5.69 Å². The number of hydrogen-bond acceptors (Lipinski definition) is 3. The number of nitro benzene ring substituents is 1. The van der Waals surface area contributed by atoms with Crippen LogP contribution in [-0.4, -0.2) is 4.92 Å². The molecule has 0 unspecified atom stereocenters. The number of nitrogens with one attached hydrogen (secondary N) is 1. The van der Waals surface area contributed by atoms with Gasteiger partial charge in [-0.2, -0.15) is 0 Å². The van der Waals surface area contributed by atoms with E-state index in [-0.39, 0.29) is 22.8 Å². The highest BCUT2D eigenvalue weighted by molar-refractivity contribution is 6.33. The fourth-order valence-electron chi connectivity index (χ4n) is 1.63. The second-order valence-corrected chi connectivity index (χ2v) is 4.42. The van der Waals surface area contributed by atoms with Crippen LogP contribution in [0, 0.1) is 21.7 Å². The second kappa shape index (κ2) is 5.83. The van der Waals surface area contributed by atoms with Crippen LogP contribution in [0.25, 0.3) is 0 Å². The highest BCUT2D eigenvalue weighted by Gasteiger charge is 2.10. The van der Waals surface area contributed by atoms with Crippen LogP contribution in [0.1, 0.15) is 5.56 Å². The Morgan fingerprint density at radius 3 is 2.60 bits per heavy atom. The van der Waals surface area contributed by atoms with Gasteiger partial charge in [0.05, 0.1) is 15.6 Å². The van der Waals surface area contributed by atoms with Gasteiger partial charge >= 0.3 is 0 Å². The Hall–Kier alpha value is -2.21. The van der Waals surface area contributed by atoms with Crippen LogP contribution >= 0.6 is 11.6 Å². The largest absolute Gasteiger partial charge is 0.380 e. The second-order valence-electron chi connectivity index (χ2n) is 4.01.